The van der Waals surface area contributed by atoms with Crippen molar-refractivity contribution in [1.29, 1.82) is 0 Å². The highest BCUT2D eigenvalue weighted by atomic mass is 19.1. The monoisotopic (exact) mass is 358 g/mol. The summed E-state index contributed by atoms with van der Waals surface area (Å²) in [5.41, 5.74) is 3.86. The second kappa shape index (κ2) is 9.38. The van der Waals surface area contributed by atoms with E-state index in [1.165, 1.54) is 37.7 Å². The van der Waals surface area contributed by atoms with Gasteiger partial charge in [-0.1, -0.05) is 86.4 Å². The Labute approximate surface area is 162 Å². The molecule has 0 aromatic heterocycles. The number of hydrogen-bond donors (Lipinski definition) is 0. The summed E-state index contributed by atoms with van der Waals surface area (Å²) < 4.78 is 14.7. The molecule has 0 aliphatic heterocycles. The lowest BCUT2D eigenvalue weighted by Crippen LogP contribution is -1.88. The minimum absolute atomic E-state index is 0.233. The molecule has 0 N–H and O–H groups in total. The smallest absolute Gasteiger partial charge is 0.146 e. The Morgan fingerprint density at radius 2 is 1.59 bits per heavy atom. The Bertz CT molecular complexity index is 955. The van der Waals surface area contributed by atoms with Crippen LogP contribution in [-0.2, 0) is 6.42 Å². The number of rotatable bonds is 6. The quantitative estimate of drug-likeness (QED) is 0.323. The van der Waals surface area contributed by atoms with E-state index in [0.717, 1.165) is 22.9 Å². The van der Waals surface area contributed by atoms with Gasteiger partial charge >= 0.3 is 0 Å². The second-order valence-electron chi connectivity index (χ2n) is 7.26. The average Bonchev–Trinajstić information content (AvgIpc) is 2.68. The van der Waals surface area contributed by atoms with E-state index in [1.54, 1.807) is 6.07 Å². The van der Waals surface area contributed by atoms with Crippen LogP contribution in [0.2, 0.25) is 0 Å². The first-order chi connectivity index (χ1) is 13.2. The molecule has 3 rings (SSSR count). The molecule has 3 aromatic carbocycles. The van der Waals surface area contributed by atoms with Crippen LogP contribution >= 0.6 is 0 Å². The zero-order valence-electron chi connectivity index (χ0n) is 16.3. The van der Waals surface area contributed by atoms with Crippen LogP contribution in [0.5, 0.6) is 0 Å². The number of hydrogen-bond acceptors (Lipinski definition) is 0. The minimum atomic E-state index is -0.233. The summed E-state index contributed by atoms with van der Waals surface area (Å²) in [5, 5.41) is 1.55. The van der Waals surface area contributed by atoms with Gasteiger partial charge in [0, 0.05) is 10.9 Å². The van der Waals surface area contributed by atoms with Crippen molar-refractivity contribution in [3.63, 3.8) is 0 Å². The third-order valence-electron chi connectivity index (χ3n) is 4.97. The number of halogens is 1. The molecule has 3 aromatic rings. The van der Waals surface area contributed by atoms with Crippen LogP contribution in [0.3, 0.4) is 0 Å². The van der Waals surface area contributed by atoms with Gasteiger partial charge in [0.1, 0.15) is 5.82 Å². The summed E-state index contributed by atoms with van der Waals surface area (Å²) in [6, 6.07) is 17.8. The normalized spacial score (nSPS) is 10.6. The van der Waals surface area contributed by atoms with E-state index < -0.39 is 0 Å². The predicted octanol–water partition coefficient (Wildman–Crippen LogP) is 7.20. The number of unbranched alkanes of at least 4 members (excludes halogenated alkanes) is 4. The molecule has 0 atom stereocenters. The summed E-state index contributed by atoms with van der Waals surface area (Å²) in [6.45, 7) is 4.25. The fourth-order valence-electron chi connectivity index (χ4n) is 3.33. The molecule has 0 aliphatic rings. The second-order valence-corrected chi connectivity index (χ2v) is 7.26. The maximum Gasteiger partial charge on any atom is 0.146 e. The Hall–Kier alpha value is -2.59. The van der Waals surface area contributed by atoms with Crippen LogP contribution in [0, 0.1) is 24.6 Å². The fourth-order valence-corrected chi connectivity index (χ4v) is 3.33. The van der Waals surface area contributed by atoms with Crippen LogP contribution in [0.25, 0.3) is 10.8 Å². The molecule has 0 amide bonds. The lowest BCUT2D eigenvalue weighted by atomic mass is 10.0. The summed E-state index contributed by atoms with van der Waals surface area (Å²) in [7, 11) is 0. The summed E-state index contributed by atoms with van der Waals surface area (Å²) in [4.78, 5) is 0. The highest BCUT2D eigenvalue weighted by Crippen LogP contribution is 2.22. The van der Waals surface area contributed by atoms with Crippen LogP contribution in [-0.4, -0.2) is 0 Å². The third-order valence-corrected chi connectivity index (χ3v) is 4.97. The van der Waals surface area contributed by atoms with Gasteiger partial charge in [0.15, 0.2) is 0 Å². The molecule has 0 nitrogen and oxygen atoms in total. The zero-order chi connectivity index (χ0) is 19.1. The van der Waals surface area contributed by atoms with Gasteiger partial charge in [-0.25, -0.2) is 4.39 Å². The standard InChI is InChI=1S/C26H27F/c1-3-4-5-6-7-8-21-10-12-22(13-11-21)14-15-23-16-17-24-19-20(2)9-18-25(24)26(23)27/h9-13,16-19H,3-8H2,1-2H3. The topological polar surface area (TPSA) is 0 Å². The number of benzene rings is 3. The van der Waals surface area contributed by atoms with Gasteiger partial charge in [-0.2, -0.15) is 0 Å². The van der Waals surface area contributed by atoms with E-state index in [2.05, 4.69) is 30.9 Å². The Balaban J connectivity index is 1.68. The van der Waals surface area contributed by atoms with Crippen molar-refractivity contribution >= 4 is 10.8 Å². The minimum Gasteiger partial charge on any atom is -0.205 e. The number of fused-ring (bicyclic) bond motifs is 1. The molecule has 138 valence electrons. The first-order valence-electron chi connectivity index (χ1n) is 9.97. The van der Waals surface area contributed by atoms with Gasteiger partial charge in [0.2, 0.25) is 0 Å². The molecule has 0 saturated heterocycles. The molecular weight excluding hydrogens is 331 g/mol. The van der Waals surface area contributed by atoms with Crippen molar-refractivity contribution in [2.45, 2.75) is 52.4 Å². The van der Waals surface area contributed by atoms with E-state index in [0.29, 0.717) is 10.9 Å². The van der Waals surface area contributed by atoms with Gasteiger partial charge in [0.05, 0.1) is 5.56 Å². The van der Waals surface area contributed by atoms with E-state index in [1.807, 2.05) is 43.3 Å². The molecule has 0 unspecified atom stereocenters. The average molecular weight is 359 g/mol. The maximum atomic E-state index is 14.7. The molecule has 0 saturated carbocycles. The van der Waals surface area contributed by atoms with Crippen molar-refractivity contribution in [1.82, 2.24) is 0 Å². The molecule has 1 heteroatoms. The van der Waals surface area contributed by atoms with Crippen molar-refractivity contribution in [2.24, 2.45) is 0 Å². The predicted molar refractivity (Wildman–Crippen MR) is 114 cm³/mol. The summed E-state index contributed by atoms with van der Waals surface area (Å²) >= 11 is 0. The Morgan fingerprint density at radius 3 is 2.37 bits per heavy atom. The summed E-state index contributed by atoms with van der Waals surface area (Å²) in [6.07, 6.45) is 7.61. The van der Waals surface area contributed by atoms with E-state index in [4.69, 9.17) is 0 Å². The Morgan fingerprint density at radius 1 is 0.815 bits per heavy atom. The van der Waals surface area contributed by atoms with Crippen LogP contribution < -0.4 is 0 Å². The van der Waals surface area contributed by atoms with Crippen LogP contribution in [0.15, 0.2) is 54.6 Å². The van der Waals surface area contributed by atoms with E-state index in [-0.39, 0.29) is 5.82 Å². The van der Waals surface area contributed by atoms with Crippen molar-refractivity contribution < 1.29 is 4.39 Å². The molecule has 0 aliphatic carbocycles. The Kier molecular flexibility index (Phi) is 6.66. The molecular formula is C26H27F. The van der Waals surface area contributed by atoms with Crippen LogP contribution in [0.4, 0.5) is 4.39 Å². The molecule has 0 spiro atoms. The SMILES string of the molecule is CCCCCCCc1ccc(C#Cc2ccc3cc(C)ccc3c2F)cc1. The van der Waals surface area contributed by atoms with E-state index >= 15 is 0 Å². The van der Waals surface area contributed by atoms with Crippen molar-refractivity contribution in [3.8, 4) is 11.8 Å². The van der Waals surface area contributed by atoms with Crippen LogP contribution in [0.1, 0.15) is 61.3 Å². The zero-order valence-corrected chi connectivity index (χ0v) is 16.3. The molecule has 0 heterocycles. The first-order valence-corrected chi connectivity index (χ1v) is 9.97. The lowest BCUT2D eigenvalue weighted by molar-refractivity contribution is 0.632. The van der Waals surface area contributed by atoms with E-state index in [9.17, 15) is 4.39 Å². The third kappa shape index (κ3) is 5.20. The molecule has 0 fully saturated rings. The molecule has 0 radical (unpaired) electrons. The molecule has 27 heavy (non-hydrogen) atoms. The van der Waals surface area contributed by atoms with Gasteiger partial charge in [-0.15, -0.1) is 0 Å². The highest BCUT2D eigenvalue weighted by Gasteiger charge is 2.05. The largest absolute Gasteiger partial charge is 0.205 e. The van der Waals surface area contributed by atoms with Crippen molar-refractivity contribution in [2.75, 3.05) is 0 Å². The van der Waals surface area contributed by atoms with Gasteiger partial charge in [0.25, 0.3) is 0 Å². The van der Waals surface area contributed by atoms with Gasteiger partial charge < -0.3 is 0 Å². The van der Waals surface area contributed by atoms with Crippen molar-refractivity contribution in [3.05, 3.63) is 82.7 Å². The lowest BCUT2D eigenvalue weighted by Gasteiger charge is -2.03. The highest BCUT2D eigenvalue weighted by molar-refractivity contribution is 5.85. The summed E-state index contributed by atoms with van der Waals surface area (Å²) in [5.74, 6) is 5.86. The first kappa shape index (κ1) is 19.2. The maximum absolute atomic E-state index is 14.7. The van der Waals surface area contributed by atoms with Gasteiger partial charge in [-0.3, -0.25) is 0 Å². The number of aryl methyl sites for hydroxylation is 2. The van der Waals surface area contributed by atoms with Gasteiger partial charge in [-0.05, 0) is 48.9 Å². The fraction of sp³-hybridized carbons (Fsp3) is 0.308. The molecule has 0 bridgehead atoms.